The van der Waals surface area contributed by atoms with Gasteiger partial charge in [-0.25, -0.2) is 0 Å². The Morgan fingerprint density at radius 2 is 2.00 bits per heavy atom. The van der Waals surface area contributed by atoms with Gasteiger partial charge in [0.1, 0.15) is 5.75 Å². The molecule has 0 aromatic heterocycles. The van der Waals surface area contributed by atoms with E-state index in [-0.39, 0.29) is 0 Å². The average molecular weight is 262 g/mol. The Kier molecular flexibility index (Phi) is 5.67. The summed E-state index contributed by atoms with van der Waals surface area (Å²) in [6.45, 7) is 8.07. The number of hydrogen-bond acceptors (Lipinski definition) is 3. The number of nitrogens with zero attached hydrogens (tertiary/aromatic N) is 1. The summed E-state index contributed by atoms with van der Waals surface area (Å²) in [5.41, 5.74) is 1.23. The summed E-state index contributed by atoms with van der Waals surface area (Å²) in [4.78, 5) is 2.58. The maximum Gasteiger partial charge on any atom is 0.123 e. The van der Waals surface area contributed by atoms with Crippen molar-refractivity contribution in [1.29, 1.82) is 0 Å². The van der Waals surface area contributed by atoms with Crippen LogP contribution in [-0.2, 0) is 6.54 Å². The van der Waals surface area contributed by atoms with Crippen molar-refractivity contribution in [3.8, 4) is 5.75 Å². The fraction of sp³-hybridized carbons (Fsp3) is 0.625. The topological polar surface area (TPSA) is 24.5 Å². The van der Waals surface area contributed by atoms with Crippen LogP contribution in [0.15, 0.2) is 24.3 Å². The van der Waals surface area contributed by atoms with Crippen molar-refractivity contribution in [2.75, 3.05) is 33.3 Å². The van der Waals surface area contributed by atoms with Gasteiger partial charge in [0.05, 0.1) is 7.11 Å². The lowest BCUT2D eigenvalue weighted by Gasteiger charge is -2.20. The summed E-state index contributed by atoms with van der Waals surface area (Å²) < 4.78 is 5.36. The van der Waals surface area contributed by atoms with Gasteiger partial charge in [-0.15, -0.1) is 0 Å². The van der Waals surface area contributed by atoms with Crippen molar-refractivity contribution in [3.63, 3.8) is 0 Å². The summed E-state index contributed by atoms with van der Waals surface area (Å²) in [6, 6.07) is 8.22. The molecule has 1 aliphatic rings. The SMILES string of the molecule is COc1ccccc1CNCC(C)CN1CCCC1. The normalized spacial score (nSPS) is 17.6. The van der Waals surface area contributed by atoms with Crippen molar-refractivity contribution in [3.05, 3.63) is 29.8 Å². The number of para-hydroxylation sites is 1. The molecule has 2 rings (SSSR count). The fourth-order valence-corrected chi connectivity index (χ4v) is 2.77. The molecule has 3 heteroatoms. The van der Waals surface area contributed by atoms with Crippen molar-refractivity contribution >= 4 is 0 Å². The molecule has 1 saturated heterocycles. The minimum Gasteiger partial charge on any atom is -0.496 e. The molecular formula is C16H26N2O. The van der Waals surface area contributed by atoms with E-state index < -0.39 is 0 Å². The Bertz CT molecular complexity index is 375. The monoisotopic (exact) mass is 262 g/mol. The maximum atomic E-state index is 5.36. The van der Waals surface area contributed by atoms with Gasteiger partial charge in [-0.1, -0.05) is 25.1 Å². The van der Waals surface area contributed by atoms with Gasteiger partial charge in [-0.3, -0.25) is 0 Å². The summed E-state index contributed by atoms with van der Waals surface area (Å²) in [5, 5.41) is 3.54. The maximum absolute atomic E-state index is 5.36. The van der Waals surface area contributed by atoms with Gasteiger partial charge in [-0.2, -0.15) is 0 Å². The molecule has 19 heavy (non-hydrogen) atoms. The molecular weight excluding hydrogens is 236 g/mol. The van der Waals surface area contributed by atoms with Crippen molar-refractivity contribution in [1.82, 2.24) is 10.2 Å². The highest BCUT2D eigenvalue weighted by molar-refractivity contribution is 5.32. The van der Waals surface area contributed by atoms with Gasteiger partial charge >= 0.3 is 0 Å². The molecule has 0 radical (unpaired) electrons. The Morgan fingerprint density at radius 1 is 1.26 bits per heavy atom. The van der Waals surface area contributed by atoms with Crippen molar-refractivity contribution in [2.45, 2.75) is 26.3 Å². The first-order valence-electron chi connectivity index (χ1n) is 7.34. The minimum absolute atomic E-state index is 0.702. The van der Waals surface area contributed by atoms with E-state index in [1.807, 2.05) is 12.1 Å². The van der Waals surface area contributed by atoms with Crippen LogP contribution < -0.4 is 10.1 Å². The first-order chi connectivity index (χ1) is 9.29. The molecule has 106 valence electrons. The highest BCUT2D eigenvalue weighted by Gasteiger charge is 2.14. The zero-order valence-electron chi connectivity index (χ0n) is 12.2. The van der Waals surface area contributed by atoms with Gasteiger partial charge in [0.25, 0.3) is 0 Å². The molecule has 1 N–H and O–H groups in total. The van der Waals surface area contributed by atoms with Crippen LogP contribution in [0.2, 0.25) is 0 Å². The summed E-state index contributed by atoms with van der Waals surface area (Å²) in [7, 11) is 1.73. The molecule has 0 bridgehead atoms. The van der Waals surface area contributed by atoms with E-state index in [2.05, 4.69) is 29.3 Å². The van der Waals surface area contributed by atoms with Gasteiger partial charge < -0.3 is 15.0 Å². The third-order valence-corrected chi connectivity index (χ3v) is 3.77. The number of benzene rings is 1. The number of rotatable bonds is 7. The number of nitrogens with one attached hydrogen (secondary N) is 1. The van der Waals surface area contributed by atoms with Crippen LogP contribution in [-0.4, -0.2) is 38.2 Å². The van der Waals surface area contributed by atoms with Crippen molar-refractivity contribution in [2.24, 2.45) is 5.92 Å². The molecule has 1 heterocycles. The molecule has 1 aromatic carbocycles. The van der Waals surface area contributed by atoms with E-state index in [4.69, 9.17) is 4.74 Å². The van der Waals surface area contributed by atoms with E-state index in [9.17, 15) is 0 Å². The lowest BCUT2D eigenvalue weighted by atomic mass is 10.1. The lowest BCUT2D eigenvalue weighted by Crippen LogP contribution is -2.31. The third kappa shape index (κ3) is 4.51. The second-order valence-corrected chi connectivity index (χ2v) is 5.56. The van der Waals surface area contributed by atoms with Crippen LogP contribution in [0.1, 0.15) is 25.3 Å². The molecule has 1 aromatic rings. The van der Waals surface area contributed by atoms with Crippen LogP contribution >= 0.6 is 0 Å². The largest absolute Gasteiger partial charge is 0.496 e. The third-order valence-electron chi connectivity index (χ3n) is 3.77. The summed E-state index contributed by atoms with van der Waals surface area (Å²) in [5.74, 6) is 1.68. The number of ether oxygens (including phenoxy) is 1. The average Bonchev–Trinajstić information content (AvgIpc) is 2.92. The van der Waals surface area contributed by atoms with Gasteiger partial charge in [-0.05, 0) is 44.5 Å². The number of methoxy groups -OCH3 is 1. The Labute approximate surface area is 116 Å². The molecule has 1 unspecified atom stereocenters. The molecule has 1 fully saturated rings. The van der Waals surface area contributed by atoms with Crippen LogP contribution in [0.3, 0.4) is 0 Å². The van der Waals surface area contributed by atoms with Crippen molar-refractivity contribution < 1.29 is 4.74 Å². The highest BCUT2D eigenvalue weighted by Crippen LogP contribution is 2.16. The highest BCUT2D eigenvalue weighted by atomic mass is 16.5. The molecule has 0 aliphatic carbocycles. The molecule has 0 saturated carbocycles. The molecule has 1 atom stereocenters. The van der Waals surface area contributed by atoms with Crippen LogP contribution in [0.4, 0.5) is 0 Å². The number of likely N-dealkylation sites (tertiary alicyclic amines) is 1. The molecule has 0 spiro atoms. The molecule has 0 amide bonds. The Morgan fingerprint density at radius 3 is 2.74 bits per heavy atom. The number of hydrogen-bond donors (Lipinski definition) is 1. The smallest absolute Gasteiger partial charge is 0.123 e. The lowest BCUT2D eigenvalue weighted by molar-refractivity contribution is 0.282. The van der Waals surface area contributed by atoms with Crippen LogP contribution in [0.25, 0.3) is 0 Å². The molecule has 1 aliphatic heterocycles. The molecule has 3 nitrogen and oxygen atoms in total. The van der Waals surface area contributed by atoms with E-state index in [1.165, 1.54) is 38.0 Å². The second kappa shape index (κ2) is 7.51. The zero-order valence-corrected chi connectivity index (χ0v) is 12.2. The van der Waals surface area contributed by atoms with Crippen LogP contribution in [0.5, 0.6) is 5.75 Å². The predicted molar refractivity (Wildman–Crippen MR) is 79.5 cm³/mol. The fourth-order valence-electron chi connectivity index (χ4n) is 2.77. The summed E-state index contributed by atoms with van der Waals surface area (Å²) in [6.07, 6.45) is 2.75. The van der Waals surface area contributed by atoms with E-state index in [1.54, 1.807) is 7.11 Å². The minimum atomic E-state index is 0.702. The Hall–Kier alpha value is -1.06. The zero-order chi connectivity index (χ0) is 13.5. The van der Waals surface area contributed by atoms with Gasteiger partial charge in [0.15, 0.2) is 0 Å². The predicted octanol–water partition coefficient (Wildman–Crippen LogP) is 2.52. The Balaban J connectivity index is 1.70. The van der Waals surface area contributed by atoms with E-state index >= 15 is 0 Å². The van der Waals surface area contributed by atoms with Gasteiger partial charge in [0.2, 0.25) is 0 Å². The summed E-state index contributed by atoms with van der Waals surface area (Å²) >= 11 is 0. The first kappa shape index (κ1) is 14.4. The quantitative estimate of drug-likeness (QED) is 0.817. The van der Waals surface area contributed by atoms with Crippen LogP contribution in [0, 0.1) is 5.92 Å². The first-order valence-corrected chi connectivity index (χ1v) is 7.34. The standard InChI is InChI=1S/C16H26N2O/c1-14(13-18-9-5-6-10-18)11-17-12-15-7-3-4-8-16(15)19-2/h3-4,7-8,14,17H,5-6,9-13H2,1-2H3. The van der Waals surface area contributed by atoms with Gasteiger partial charge in [0, 0.05) is 18.7 Å². The second-order valence-electron chi connectivity index (χ2n) is 5.56. The van der Waals surface area contributed by atoms with E-state index in [0.717, 1.165) is 18.8 Å². The van der Waals surface area contributed by atoms with E-state index in [0.29, 0.717) is 5.92 Å².